The molecule has 1 aromatic rings. The van der Waals surface area contributed by atoms with Gasteiger partial charge in [0.1, 0.15) is 0 Å². The Morgan fingerprint density at radius 1 is 1.47 bits per heavy atom. The lowest BCUT2D eigenvalue weighted by Gasteiger charge is -2.34. The van der Waals surface area contributed by atoms with Crippen LogP contribution < -0.4 is 10.6 Å². The monoisotopic (exact) mass is 224 g/mol. The van der Waals surface area contributed by atoms with E-state index < -0.39 is 0 Å². The van der Waals surface area contributed by atoms with Crippen molar-refractivity contribution < 1.29 is 0 Å². The lowest BCUT2D eigenvalue weighted by Crippen LogP contribution is -2.43. The third-order valence-electron chi connectivity index (χ3n) is 2.96. The molecular weight excluding hydrogens is 208 g/mol. The van der Waals surface area contributed by atoms with Crippen LogP contribution in [0.2, 0.25) is 5.02 Å². The standard InChI is InChI=1S/C12H17ClN2/c1-9-4-2-6-11(13)12(9)15-7-3-5-10(14)8-15/h2,4,6,10H,3,5,7-8,14H2,1H3. The molecule has 3 heteroatoms. The zero-order valence-electron chi connectivity index (χ0n) is 9.04. The largest absolute Gasteiger partial charge is 0.369 e. The summed E-state index contributed by atoms with van der Waals surface area (Å²) in [5.74, 6) is 0. The number of benzene rings is 1. The number of nitrogens with two attached hydrogens (primary N) is 1. The Balaban J connectivity index is 2.28. The summed E-state index contributed by atoms with van der Waals surface area (Å²) in [6, 6.07) is 6.32. The molecule has 1 fully saturated rings. The van der Waals surface area contributed by atoms with Crippen molar-refractivity contribution in [1.82, 2.24) is 0 Å². The van der Waals surface area contributed by atoms with E-state index in [1.807, 2.05) is 12.1 Å². The van der Waals surface area contributed by atoms with Gasteiger partial charge >= 0.3 is 0 Å². The van der Waals surface area contributed by atoms with E-state index in [2.05, 4.69) is 17.9 Å². The highest BCUT2D eigenvalue weighted by atomic mass is 35.5. The van der Waals surface area contributed by atoms with Gasteiger partial charge in [-0.3, -0.25) is 0 Å². The number of halogens is 1. The molecule has 0 saturated carbocycles. The van der Waals surface area contributed by atoms with Crippen LogP contribution in [0.4, 0.5) is 5.69 Å². The minimum absolute atomic E-state index is 0.287. The Morgan fingerprint density at radius 2 is 2.27 bits per heavy atom. The SMILES string of the molecule is Cc1cccc(Cl)c1N1CCCC(N)C1. The van der Waals surface area contributed by atoms with Gasteiger partial charge in [-0.2, -0.15) is 0 Å². The molecule has 2 N–H and O–H groups in total. The second-order valence-electron chi connectivity index (χ2n) is 4.25. The van der Waals surface area contributed by atoms with E-state index in [0.717, 1.165) is 36.6 Å². The molecule has 0 radical (unpaired) electrons. The molecule has 0 amide bonds. The molecule has 2 nitrogen and oxygen atoms in total. The van der Waals surface area contributed by atoms with Crippen molar-refractivity contribution in [2.75, 3.05) is 18.0 Å². The molecule has 1 aliphatic heterocycles. The Bertz CT molecular complexity index is 331. The summed E-state index contributed by atoms with van der Waals surface area (Å²) in [5.41, 5.74) is 8.37. The quantitative estimate of drug-likeness (QED) is 0.795. The van der Waals surface area contributed by atoms with Gasteiger partial charge in [0.15, 0.2) is 0 Å². The normalized spacial score (nSPS) is 21.8. The highest BCUT2D eigenvalue weighted by molar-refractivity contribution is 6.33. The third kappa shape index (κ3) is 2.27. The Hall–Kier alpha value is -0.730. The van der Waals surface area contributed by atoms with E-state index in [0.29, 0.717) is 0 Å². The van der Waals surface area contributed by atoms with Gasteiger partial charge < -0.3 is 10.6 Å². The zero-order valence-corrected chi connectivity index (χ0v) is 9.80. The molecule has 2 rings (SSSR count). The molecule has 0 spiro atoms. The number of anilines is 1. The predicted molar refractivity (Wildman–Crippen MR) is 65.6 cm³/mol. The van der Waals surface area contributed by atoms with Gasteiger partial charge in [-0.05, 0) is 31.4 Å². The van der Waals surface area contributed by atoms with Gasteiger partial charge in [0, 0.05) is 19.1 Å². The number of aryl methyl sites for hydroxylation is 1. The summed E-state index contributed by atoms with van der Waals surface area (Å²) < 4.78 is 0. The van der Waals surface area contributed by atoms with E-state index in [9.17, 15) is 0 Å². The maximum Gasteiger partial charge on any atom is 0.0642 e. The first-order chi connectivity index (χ1) is 7.18. The van der Waals surface area contributed by atoms with Crippen molar-refractivity contribution in [3.05, 3.63) is 28.8 Å². The first kappa shape index (κ1) is 10.8. The van der Waals surface area contributed by atoms with Crippen molar-refractivity contribution in [2.24, 2.45) is 5.73 Å². The fourth-order valence-corrected chi connectivity index (χ4v) is 2.58. The van der Waals surface area contributed by atoms with Gasteiger partial charge in [0.25, 0.3) is 0 Å². The van der Waals surface area contributed by atoms with Crippen LogP contribution in [-0.4, -0.2) is 19.1 Å². The van der Waals surface area contributed by atoms with Crippen LogP contribution in [0, 0.1) is 6.92 Å². The van der Waals surface area contributed by atoms with Crippen molar-refractivity contribution >= 4 is 17.3 Å². The van der Waals surface area contributed by atoms with Gasteiger partial charge in [0.05, 0.1) is 10.7 Å². The highest BCUT2D eigenvalue weighted by Gasteiger charge is 2.19. The Morgan fingerprint density at radius 3 is 2.93 bits per heavy atom. The van der Waals surface area contributed by atoms with Crippen molar-refractivity contribution in [2.45, 2.75) is 25.8 Å². The van der Waals surface area contributed by atoms with E-state index in [4.69, 9.17) is 17.3 Å². The molecule has 1 saturated heterocycles. The number of nitrogens with zero attached hydrogens (tertiary/aromatic N) is 1. The molecule has 82 valence electrons. The first-order valence-electron chi connectivity index (χ1n) is 5.44. The fourth-order valence-electron chi connectivity index (χ4n) is 2.24. The summed E-state index contributed by atoms with van der Waals surface area (Å²) >= 11 is 6.23. The van der Waals surface area contributed by atoms with E-state index in [-0.39, 0.29) is 6.04 Å². The van der Waals surface area contributed by atoms with Crippen LogP contribution in [0.3, 0.4) is 0 Å². The second kappa shape index (κ2) is 4.42. The lowest BCUT2D eigenvalue weighted by molar-refractivity contribution is 0.505. The molecule has 1 aliphatic rings. The molecule has 15 heavy (non-hydrogen) atoms. The molecule has 0 aromatic heterocycles. The number of piperidine rings is 1. The molecule has 1 heterocycles. The van der Waals surface area contributed by atoms with Crippen LogP contribution in [0.1, 0.15) is 18.4 Å². The molecule has 1 unspecified atom stereocenters. The number of hydrogen-bond acceptors (Lipinski definition) is 2. The van der Waals surface area contributed by atoms with Crippen LogP contribution in [-0.2, 0) is 0 Å². The Labute approximate surface area is 96.0 Å². The smallest absolute Gasteiger partial charge is 0.0642 e. The van der Waals surface area contributed by atoms with Crippen LogP contribution >= 0.6 is 11.6 Å². The summed E-state index contributed by atoms with van der Waals surface area (Å²) in [7, 11) is 0. The minimum Gasteiger partial charge on any atom is -0.369 e. The maximum absolute atomic E-state index is 6.23. The van der Waals surface area contributed by atoms with Crippen molar-refractivity contribution in [3.8, 4) is 0 Å². The lowest BCUT2D eigenvalue weighted by atomic mass is 10.0. The molecule has 1 aromatic carbocycles. The fraction of sp³-hybridized carbons (Fsp3) is 0.500. The van der Waals surface area contributed by atoms with Gasteiger partial charge in [-0.25, -0.2) is 0 Å². The Kier molecular flexibility index (Phi) is 3.17. The molecule has 0 bridgehead atoms. The predicted octanol–water partition coefficient (Wildman–Crippen LogP) is 2.58. The first-order valence-corrected chi connectivity index (χ1v) is 5.82. The second-order valence-corrected chi connectivity index (χ2v) is 4.66. The summed E-state index contributed by atoms with van der Waals surface area (Å²) in [6.45, 7) is 4.09. The van der Waals surface area contributed by atoms with E-state index in [1.165, 1.54) is 5.56 Å². The number of rotatable bonds is 1. The number of hydrogen-bond donors (Lipinski definition) is 1. The van der Waals surface area contributed by atoms with Gasteiger partial charge in [-0.15, -0.1) is 0 Å². The minimum atomic E-state index is 0.287. The maximum atomic E-state index is 6.23. The zero-order chi connectivity index (χ0) is 10.8. The molecule has 1 atom stereocenters. The average molecular weight is 225 g/mol. The summed E-state index contributed by atoms with van der Waals surface area (Å²) in [5, 5.41) is 0.837. The van der Waals surface area contributed by atoms with Crippen LogP contribution in [0.5, 0.6) is 0 Å². The van der Waals surface area contributed by atoms with Crippen LogP contribution in [0.25, 0.3) is 0 Å². The molecular formula is C12H17ClN2. The van der Waals surface area contributed by atoms with E-state index in [1.54, 1.807) is 0 Å². The van der Waals surface area contributed by atoms with Crippen LogP contribution in [0.15, 0.2) is 18.2 Å². The van der Waals surface area contributed by atoms with Crippen molar-refractivity contribution in [3.63, 3.8) is 0 Å². The van der Waals surface area contributed by atoms with Crippen molar-refractivity contribution in [1.29, 1.82) is 0 Å². The molecule has 0 aliphatic carbocycles. The third-order valence-corrected chi connectivity index (χ3v) is 3.27. The van der Waals surface area contributed by atoms with E-state index >= 15 is 0 Å². The topological polar surface area (TPSA) is 29.3 Å². The van der Waals surface area contributed by atoms with Gasteiger partial charge in [-0.1, -0.05) is 23.7 Å². The average Bonchev–Trinajstić information content (AvgIpc) is 2.17. The summed E-state index contributed by atoms with van der Waals surface area (Å²) in [6.07, 6.45) is 2.28. The highest BCUT2D eigenvalue weighted by Crippen LogP contribution is 2.31. The van der Waals surface area contributed by atoms with Gasteiger partial charge in [0.2, 0.25) is 0 Å². The summed E-state index contributed by atoms with van der Waals surface area (Å²) in [4.78, 5) is 2.31. The number of para-hydroxylation sites is 1.